The molecule has 2 aromatic carbocycles. The van der Waals surface area contributed by atoms with Crippen LogP contribution in [-0.4, -0.2) is 29.7 Å². The molecule has 1 heterocycles. The highest BCUT2D eigenvalue weighted by atomic mass is 19.1. The smallest absolute Gasteiger partial charge is 0.125 e. The number of aliphatic hydroxyl groups excluding tert-OH is 1. The second-order valence-corrected chi connectivity index (χ2v) is 5.40. The Morgan fingerprint density at radius 1 is 1.19 bits per heavy atom. The van der Waals surface area contributed by atoms with Crippen molar-refractivity contribution in [3.8, 4) is 5.75 Å². The second-order valence-electron chi connectivity index (χ2n) is 5.40. The first-order chi connectivity index (χ1) is 10.1. The Morgan fingerprint density at radius 3 is 2.67 bits per heavy atom. The van der Waals surface area contributed by atoms with Crippen molar-refractivity contribution in [1.29, 1.82) is 0 Å². The van der Waals surface area contributed by atoms with E-state index in [-0.39, 0.29) is 11.9 Å². The Balaban J connectivity index is 1.74. The molecule has 1 N–H and O–H groups in total. The van der Waals surface area contributed by atoms with Gasteiger partial charge in [0.1, 0.15) is 24.3 Å². The van der Waals surface area contributed by atoms with Crippen molar-refractivity contribution in [2.75, 3.05) is 13.7 Å². The van der Waals surface area contributed by atoms with Crippen LogP contribution in [0.2, 0.25) is 0 Å². The Labute approximate surface area is 123 Å². The maximum absolute atomic E-state index is 12.9. The fourth-order valence-corrected chi connectivity index (χ4v) is 2.69. The molecular formula is C17H18FNO2. The van der Waals surface area contributed by atoms with Gasteiger partial charge in [-0.3, -0.25) is 4.90 Å². The quantitative estimate of drug-likeness (QED) is 0.942. The number of rotatable bonds is 3. The summed E-state index contributed by atoms with van der Waals surface area (Å²) in [6.45, 7) is 1.07. The Morgan fingerprint density at radius 2 is 1.90 bits per heavy atom. The second kappa shape index (κ2) is 5.84. The van der Waals surface area contributed by atoms with E-state index in [4.69, 9.17) is 4.74 Å². The van der Waals surface area contributed by atoms with E-state index in [2.05, 4.69) is 0 Å². The number of para-hydroxylation sites is 1. The van der Waals surface area contributed by atoms with Crippen LogP contribution in [0.1, 0.15) is 17.2 Å². The molecule has 0 aromatic heterocycles. The highest BCUT2D eigenvalue weighted by Gasteiger charge is 2.31. The number of hydrogen-bond acceptors (Lipinski definition) is 3. The van der Waals surface area contributed by atoms with Crippen molar-refractivity contribution in [3.63, 3.8) is 0 Å². The van der Waals surface area contributed by atoms with Crippen LogP contribution in [0, 0.1) is 5.82 Å². The Hall–Kier alpha value is -1.91. The van der Waals surface area contributed by atoms with Crippen LogP contribution in [-0.2, 0) is 6.54 Å². The number of aliphatic hydroxyl groups is 1. The first-order valence-electron chi connectivity index (χ1n) is 6.99. The average molecular weight is 287 g/mol. The molecule has 2 atom stereocenters. The molecular weight excluding hydrogens is 269 g/mol. The van der Waals surface area contributed by atoms with Crippen molar-refractivity contribution in [1.82, 2.24) is 4.90 Å². The largest absolute Gasteiger partial charge is 0.491 e. The van der Waals surface area contributed by atoms with Gasteiger partial charge in [0.05, 0.1) is 6.04 Å². The number of likely N-dealkylation sites (N-methyl/N-ethyl adjacent to an activating group) is 1. The van der Waals surface area contributed by atoms with Gasteiger partial charge in [-0.05, 0) is 30.8 Å². The highest BCUT2D eigenvalue weighted by Crippen LogP contribution is 2.33. The minimum absolute atomic E-state index is 0.120. The molecule has 0 saturated carbocycles. The zero-order valence-electron chi connectivity index (χ0n) is 11.9. The summed E-state index contributed by atoms with van der Waals surface area (Å²) in [6, 6.07) is 13.9. The van der Waals surface area contributed by atoms with E-state index in [1.54, 1.807) is 12.1 Å². The Kier molecular flexibility index (Phi) is 3.90. The molecule has 0 fully saturated rings. The molecule has 4 heteroatoms. The van der Waals surface area contributed by atoms with Crippen molar-refractivity contribution >= 4 is 0 Å². The maximum Gasteiger partial charge on any atom is 0.125 e. The molecule has 0 amide bonds. The SMILES string of the molecule is CN(Cc1ccc(F)cc1)C1COc2ccccc2C1O. The van der Waals surface area contributed by atoms with Crippen LogP contribution in [0.4, 0.5) is 4.39 Å². The molecule has 0 aliphatic carbocycles. The average Bonchev–Trinajstić information content (AvgIpc) is 2.50. The van der Waals surface area contributed by atoms with Crippen LogP contribution >= 0.6 is 0 Å². The van der Waals surface area contributed by atoms with Gasteiger partial charge in [-0.25, -0.2) is 4.39 Å². The standard InChI is InChI=1S/C17H18FNO2/c1-19(10-12-6-8-13(18)9-7-12)15-11-21-16-5-3-2-4-14(16)17(15)20/h2-9,15,17,20H,10-11H2,1H3. The van der Waals surface area contributed by atoms with Gasteiger partial charge in [0.2, 0.25) is 0 Å². The van der Waals surface area contributed by atoms with Gasteiger partial charge in [0, 0.05) is 12.1 Å². The Bertz CT molecular complexity index is 614. The van der Waals surface area contributed by atoms with E-state index in [1.165, 1.54) is 12.1 Å². The fraction of sp³-hybridized carbons (Fsp3) is 0.294. The van der Waals surface area contributed by atoms with E-state index < -0.39 is 6.10 Å². The summed E-state index contributed by atoms with van der Waals surface area (Å²) in [5, 5.41) is 10.5. The lowest BCUT2D eigenvalue weighted by Gasteiger charge is -2.36. The molecule has 2 unspecified atom stereocenters. The van der Waals surface area contributed by atoms with Crippen LogP contribution in [0.15, 0.2) is 48.5 Å². The lowest BCUT2D eigenvalue weighted by molar-refractivity contribution is 0.0118. The van der Waals surface area contributed by atoms with Gasteiger partial charge >= 0.3 is 0 Å². The lowest BCUT2D eigenvalue weighted by Crippen LogP contribution is -2.43. The van der Waals surface area contributed by atoms with Gasteiger partial charge in [0.25, 0.3) is 0 Å². The molecule has 0 radical (unpaired) electrons. The van der Waals surface area contributed by atoms with Gasteiger partial charge in [-0.15, -0.1) is 0 Å². The summed E-state index contributed by atoms with van der Waals surface area (Å²) in [6.07, 6.45) is -0.583. The van der Waals surface area contributed by atoms with Crippen molar-refractivity contribution < 1.29 is 14.2 Å². The van der Waals surface area contributed by atoms with E-state index in [9.17, 15) is 9.50 Å². The maximum atomic E-state index is 12.9. The topological polar surface area (TPSA) is 32.7 Å². The summed E-state index contributed by atoms with van der Waals surface area (Å²) in [5.74, 6) is 0.507. The summed E-state index contributed by atoms with van der Waals surface area (Å²) in [5.41, 5.74) is 1.82. The number of fused-ring (bicyclic) bond motifs is 1. The zero-order chi connectivity index (χ0) is 14.8. The van der Waals surface area contributed by atoms with Crippen LogP contribution in [0.25, 0.3) is 0 Å². The third-order valence-corrected chi connectivity index (χ3v) is 3.92. The van der Waals surface area contributed by atoms with Crippen molar-refractivity contribution in [2.45, 2.75) is 18.7 Å². The normalized spacial score (nSPS) is 21.0. The number of benzene rings is 2. The predicted molar refractivity (Wildman–Crippen MR) is 78.6 cm³/mol. The monoisotopic (exact) mass is 287 g/mol. The highest BCUT2D eigenvalue weighted by molar-refractivity contribution is 5.37. The van der Waals surface area contributed by atoms with Gasteiger partial charge in [-0.2, -0.15) is 0 Å². The fourth-order valence-electron chi connectivity index (χ4n) is 2.69. The predicted octanol–water partition coefficient (Wildman–Crippen LogP) is 2.75. The zero-order valence-corrected chi connectivity index (χ0v) is 11.9. The molecule has 0 saturated heterocycles. The summed E-state index contributed by atoms with van der Waals surface area (Å²) in [4.78, 5) is 2.04. The summed E-state index contributed by atoms with van der Waals surface area (Å²) in [7, 11) is 1.94. The van der Waals surface area contributed by atoms with Crippen LogP contribution < -0.4 is 4.74 Å². The van der Waals surface area contributed by atoms with E-state index >= 15 is 0 Å². The molecule has 0 bridgehead atoms. The number of nitrogens with zero attached hydrogens (tertiary/aromatic N) is 1. The van der Waals surface area contributed by atoms with Gasteiger partial charge in [-0.1, -0.05) is 30.3 Å². The minimum Gasteiger partial charge on any atom is -0.491 e. The molecule has 3 nitrogen and oxygen atoms in total. The first-order valence-corrected chi connectivity index (χ1v) is 6.99. The molecule has 110 valence electrons. The van der Waals surface area contributed by atoms with E-state index in [1.807, 2.05) is 36.2 Å². The van der Waals surface area contributed by atoms with E-state index in [0.29, 0.717) is 13.2 Å². The van der Waals surface area contributed by atoms with Crippen LogP contribution in [0.3, 0.4) is 0 Å². The lowest BCUT2D eigenvalue weighted by atomic mass is 9.98. The van der Waals surface area contributed by atoms with Gasteiger partial charge < -0.3 is 9.84 Å². The summed E-state index contributed by atoms with van der Waals surface area (Å²) < 4.78 is 18.7. The molecule has 0 spiro atoms. The molecule has 1 aliphatic rings. The first kappa shape index (κ1) is 14.0. The number of hydrogen-bond donors (Lipinski definition) is 1. The molecule has 3 rings (SSSR count). The minimum atomic E-state index is -0.583. The van der Waals surface area contributed by atoms with Crippen LogP contribution in [0.5, 0.6) is 5.75 Å². The summed E-state index contributed by atoms with van der Waals surface area (Å²) >= 11 is 0. The van der Waals surface area contributed by atoms with E-state index in [0.717, 1.165) is 16.9 Å². The van der Waals surface area contributed by atoms with Crippen molar-refractivity contribution in [3.05, 3.63) is 65.5 Å². The van der Waals surface area contributed by atoms with Gasteiger partial charge in [0.15, 0.2) is 0 Å². The molecule has 1 aliphatic heterocycles. The molecule has 21 heavy (non-hydrogen) atoms. The molecule has 2 aromatic rings. The third-order valence-electron chi connectivity index (χ3n) is 3.92. The number of ether oxygens (including phenoxy) is 1. The third kappa shape index (κ3) is 2.91. The number of halogens is 1. The van der Waals surface area contributed by atoms with Crippen molar-refractivity contribution in [2.24, 2.45) is 0 Å².